The Balaban J connectivity index is 1.33. The molecule has 1 aromatic heterocycles. The number of pyridine rings is 1. The molecule has 7 heteroatoms. The van der Waals surface area contributed by atoms with E-state index in [9.17, 15) is 14.4 Å². The summed E-state index contributed by atoms with van der Waals surface area (Å²) < 4.78 is 19.0. The first-order valence-electron chi connectivity index (χ1n) is 11.1. The van der Waals surface area contributed by atoms with Gasteiger partial charge in [0, 0.05) is 13.1 Å². The van der Waals surface area contributed by atoms with E-state index in [1.54, 1.807) is 0 Å². The van der Waals surface area contributed by atoms with Crippen molar-refractivity contribution in [3.63, 3.8) is 0 Å². The fraction of sp³-hybridized carbons (Fsp3) is 0.400. The third-order valence-electron chi connectivity index (χ3n) is 5.37. The average molecular weight is 437 g/mol. The van der Waals surface area contributed by atoms with Crippen LogP contribution in [0.4, 0.5) is 4.39 Å². The van der Waals surface area contributed by atoms with Crippen molar-refractivity contribution in [2.45, 2.75) is 32.1 Å². The Kier molecular flexibility index (Phi) is 9.20. The van der Waals surface area contributed by atoms with Gasteiger partial charge in [0.15, 0.2) is 0 Å². The second-order valence-corrected chi connectivity index (χ2v) is 7.81. The van der Waals surface area contributed by atoms with Crippen LogP contribution in [0, 0.1) is 17.3 Å². The van der Waals surface area contributed by atoms with E-state index in [2.05, 4.69) is 27.3 Å². The summed E-state index contributed by atoms with van der Waals surface area (Å²) in [4.78, 5) is 18.2. The van der Waals surface area contributed by atoms with Gasteiger partial charge in [0.2, 0.25) is 5.95 Å². The minimum atomic E-state index is -0.655. The van der Waals surface area contributed by atoms with Gasteiger partial charge in [-0.15, -0.1) is 0 Å². The topological polar surface area (TPSA) is 78.2 Å². The maximum atomic E-state index is 13.2. The summed E-state index contributed by atoms with van der Waals surface area (Å²) in [5.74, 6) is -0.240. The molecule has 0 spiro atoms. The normalized spacial score (nSPS) is 14.2. The smallest absolute Gasteiger partial charge is 0.262 e. The van der Waals surface area contributed by atoms with E-state index >= 15 is 0 Å². The molecule has 1 aliphatic rings. The number of aromatic nitrogens is 1. The molecule has 1 aromatic carbocycles. The van der Waals surface area contributed by atoms with Gasteiger partial charge in [0.05, 0.1) is 5.69 Å². The minimum absolute atomic E-state index is 0.0941. The number of carbonyl (C=O) groups excluding carboxylic acids is 1. The van der Waals surface area contributed by atoms with Gasteiger partial charge in [-0.3, -0.25) is 9.69 Å². The van der Waals surface area contributed by atoms with E-state index in [1.807, 2.05) is 18.2 Å². The molecule has 0 radical (unpaired) electrons. The van der Waals surface area contributed by atoms with Crippen LogP contribution in [0.25, 0.3) is 6.08 Å². The highest BCUT2D eigenvalue weighted by molar-refractivity contribution is 6.01. The molecular formula is C25H29FN4O2. The summed E-state index contributed by atoms with van der Waals surface area (Å²) in [6.07, 6.45) is 6.47. The van der Waals surface area contributed by atoms with E-state index in [0.29, 0.717) is 13.2 Å². The van der Waals surface area contributed by atoms with E-state index < -0.39 is 11.9 Å². The quantitative estimate of drug-likeness (QED) is 0.251. The number of aryl methyl sites for hydroxylation is 1. The molecule has 3 rings (SSSR count). The van der Waals surface area contributed by atoms with Crippen LogP contribution in [-0.4, -0.2) is 48.6 Å². The Morgan fingerprint density at radius 3 is 2.69 bits per heavy atom. The number of carbonyl (C=O) groups is 1. The van der Waals surface area contributed by atoms with Crippen LogP contribution in [-0.2, 0) is 11.2 Å². The van der Waals surface area contributed by atoms with E-state index in [-0.39, 0.29) is 11.3 Å². The molecule has 1 amide bonds. The second kappa shape index (κ2) is 12.6. The standard InChI is InChI=1S/C25H29FN4O2/c26-24-8-5-7-22(29-24)18-21(19-27)25(31)28-13-2-1-6-20-9-11-23(12-10-20)32-17-16-30-14-3-4-15-30/h5,7-12,18H,1-4,6,13-17H2,(H,28,31)/b21-18+. The lowest BCUT2D eigenvalue weighted by molar-refractivity contribution is -0.117. The summed E-state index contributed by atoms with van der Waals surface area (Å²) in [5.41, 5.74) is 1.36. The number of nitrogens with one attached hydrogen (secondary N) is 1. The fourth-order valence-corrected chi connectivity index (χ4v) is 3.60. The van der Waals surface area contributed by atoms with Crippen LogP contribution in [0.5, 0.6) is 5.75 Å². The molecule has 6 nitrogen and oxygen atoms in total. The predicted octanol–water partition coefficient (Wildman–Crippen LogP) is 3.74. The second-order valence-electron chi connectivity index (χ2n) is 7.81. The van der Waals surface area contributed by atoms with Gasteiger partial charge in [-0.1, -0.05) is 18.2 Å². The molecule has 1 N–H and O–H groups in total. The zero-order valence-electron chi connectivity index (χ0n) is 18.2. The number of unbranched alkanes of at least 4 members (excludes halogenated alkanes) is 1. The molecule has 0 bridgehead atoms. The van der Waals surface area contributed by atoms with Gasteiger partial charge in [-0.2, -0.15) is 9.65 Å². The number of amides is 1. The van der Waals surface area contributed by atoms with Crippen LogP contribution < -0.4 is 10.1 Å². The Morgan fingerprint density at radius 1 is 1.19 bits per heavy atom. The number of hydrogen-bond donors (Lipinski definition) is 1. The molecular weight excluding hydrogens is 407 g/mol. The Hall–Kier alpha value is -3.24. The van der Waals surface area contributed by atoms with E-state index in [0.717, 1.165) is 31.6 Å². The highest BCUT2D eigenvalue weighted by atomic mass is 19.1. The van der Waals surface area contributed by atoms with Gasteiger partial charge in [-0.25, -0.2) is 4.98 Å². The number of nitrogens with zero attached hydrogens (tertiary/aromatic N) is 3. The number of hydrogen-bond acceptors (Lipinski definition) is 5. The predicted molar refractivity (Wildman–Crippen MR) is 121 cm³/mol. The number of likely N-dealkylation sites (tertiary alicyclic amines) is 1. The summed E-state index contributed by atoms with van der Waals surface area (Å²) in [7, 11) is 0. The Bertz CT molecular complexity index is 947. The monoisotopic (exact) mass is 436 g/mol. The molecule has 0 aliphatic carbocycles. The molecule has 0 saturated carbocycles. The summed E-state index contributed by atoms with van der Waals surface area (Å²) in [6, 6.07) is 14.2. The van der Waals surface area contributed by atoms with Crippen molar-refractivity contribution in [2.75, 3.05) is 32.8 Å². The first-order valence-corrected chi connectivity index (χ1v) is 11.1. The molecule has 2 aromatic rings. The Morgan fingerprint density at radius 2 is 1.97 bits per heavy atom. The van der Waals surface area contributed by atoms with Crippen LogP contribution in [0.3, 0.4) is 0 Å². The lowest BCUT2D eigenvalue weighted by Gasteiger charge is -2.15. The van der Waals surface area contributed by atoms with Crippen molar-refractivity contribution in [3.05, 3.63) is 65.2 Å². The van der Waals surface area contributed by atoms with Crippen molar-refractivity contribution in [2.24, 2.45) is 0 Å². The van der Waals surface area contributed by atoms with Gasteiger partial charge in [0.25, 0.3) is 5.91 Å². The van der Waals surface area contributed by atoms with Crippen molar-refractivity contribution in [1.29, 1.82) is 5.26 Å². The molecule has 0 atom stereocenters. The number of ether oxygens (including phenoxy) is 1. The molecule has 1 fully saturated rings. The SMILES string of the molecule is N#C/C(=C\c1cccc(F)n1)C(=O)NCCCCc1ccc(OCCN2CCCC2)cc1. The molecule has 1 saturated heterocycles. The van der Waals surface area contributed by atoms with Gasteiger partial charge >= 0.3 is 0 Å². The highest BCUT2D eigenvalue weighted by Crippen LogP contribution is 2.14. The fourth-order valence-electron chi connectivity index (χ4n) is 3.60. The van der Waals surface area contributed by atoms with Crippen molar-refractivity contribution >= 4 is 12.0 Å². The van der Waals surface area contributed by atoms with Gasteiger partial charge in [0.1, 0.15) is 24.0 Å². The Labute approximate surface area is 188 Å². The molecule has 32 heavy (non-hydrogen) atoms. The van der Waals surface area contributed by atoms with Gasteiger partial charge < -0.3 is 10.1 Å². The van der Waals surface area contributed by atoms with Crippen LogP contribution in [0.2, 0.25) is 0 Å². The van der Waals surface area contributed by atoms with Gasteiger partial charge in [-0.05, 0) is 81.1 Å². The highest BCUT2D eigenvalue weighted by Gasteiger charge is 2.11. The van der Waals surface area contributed by atoms with Crippen molar-refractivity contribution in [1.82, 2.24) is 15.2 Å². The van der Waals surface area contributed by atoms with E-state index in [4.69, 9.17) is 4.74 Å². The number of benzene rings is 1. The maximum absolute atomic E-state index is 13.2. The lowest BCUT2D eigenvalue weighted by atomic mass is 10.1. The number of halogens is 1. The lowest BCUT2D eigenvalue weighted by Crippen LogP contribution is -2.25. The zero-order chi connectivity index (χ0) is 22.6. The summed E-state index contributed by atoms with van der Waals surface area (Å²) in [6.45, 7) is 4.52. The molecule has 0 unspecified atom stereocenters. The number of rotatable bonds is 11. The number of nitriles is 1. The van der Waals surface area contributed by atoms with Crippen LogP contribution in [0.15, 0.2) is 48.0 Å². The van der Waals surface area contributed by atoms with Crippen molar-refractivity contribution < 1.29 is 13.9 Å². The molecule has 1 aliphatic heterocycles. The molecule has 168 valence electrons. The summed E-state index contributed by atoms with van der Waals surface area (Å²) in [5, 5.41) is 11.9. The van der Waals surface area contributed by atoms with E-state index in [1.165, 1.54) is 55.8 Å². The van der Waals surface area contributed by atoms with Crippen molar-refractivity contribution in [3.8, 4) is 11.8 Å². The third kappa shape index (κ3) is 7.78. The average Bonchev–Trinajstić information content (AvgIpc) is 3.32. The van der Waals surface area contributed by atoms with Crippen LogP contribution >= 0.6 is 0 Å². The summed E-state index contributed by atoms with van der Waals surface area (Å²) >= 11 is 0. The molecule has 2 heterocycles. The third-order valence-corrected chi connectivity index (χ3v) is 5.37. The minimum Gasteiger partial charge on any atom is -0.492 e. The zero-order valence-corrected chi connectivity index (χ0v) is 18.2. The van der Waals surface area contributed by atoms with Crippen LogP contribution in [0.1, 0.15) is 36.9 Å². The first-order chi connectivity index (χ1) is 15.6. The largest absolute Gasteiger partial charge is 0.492 e. The first kappa shape index (κ1) is 23.4. The maximum Gasteiger partial charge on any atom is 0.262 e.